The van der Waals surface area contributed by atoms with Crippen LogP contribution in [-0.4, -0.2) is 6.54 Å². The molecule has 2 saturated carbocycles. The van der Waals surface area contributed by atoms with E-state index >= 15 is 0 Å². The molecule has 4 atom stereocenters. The zero-order valence-corrected chi connectivity index (χ0v) is 13.9. The molecule has 4 unspecified atom stereocenters. The molecule has 2 aliphatic rings. The molecule has 3 rings (SSSR count). The van der Waals surface area contributed by atoms with E-state index in [2.05, 4.69) is 50.4 Å². The van der Waals surface area contributed by atoms with Crippen molar-refractivity contribution < 1.29 is 0 Å². The highest BCUT2D eigenvalue weighted by atomic mass is 14.9. The smallest absolute Gasteiger partial charge is 0.0351 e. The molecule has 2 aliphatic carbocycles. The third-order valence-corrected chi connectivity index (χ3v) is 5.80. The molecule has 0 saturated heterocycles. The van der Waals surface area contributed by atoms with Crippen molar-refractivity contribution in [1.29, 1.82) is 0 Å². The van der Waals surface area contributed by atoms with Crippen molar-refractivity contribution in [2.45, 2.75) is 64.8 Å². The first kappa shape index (κ1) is 15.1. The minimum absolute atomic E-state index is 0.585. The van der Waals surface area contributed by atoms with Crippen molar-refractivity contribution in [2.75, 3.05) is 6.54 Å². The molecular formula is C20H31N. The molecule has 1 heteroatoms. The van der Waals surface area contributed by atoms with E-state index in [-0.39, 0.29) is 0 Å². The predicted molar refractivity (Wildman–Crippen MR) is 90.5 cm³/mol. The third kappa shape index (κ3) is 3.18. The van der Waals surface area contributed by atoms with Crippen LogP contribution in [0.5, 0.6) is 0 Å². The minimum atomic E-state index is 0.585. The number of hydrogen-bond donors (Lipinski definition) is 1. The summed E-state index contributed by atoms with van der Waals surface area (Å²) in [4.78, 5) is 0. The van der Waals surface area contributed by atoms with Crippen molar-refractivity contribution in [3.63, 3.8) is 0 Å². The maximum atomic E-state index is 3.86. The van der Waals surface area contributed by atoms with Gasteiger partial charge in [0.05, 0.1) is 0 Å². The van der Waals surface area contributed by atoms with Gasteiger partial charge in [0.15, 0.2) is 0 Å². The normalized spacial score (nSPS) is 29.2. The number of hydrogen-bond acceptors (Lipinski definition) is 1. The highest BCUT2D eigenvalue weighted by molar-refractivity contribution is 5.28. The Labute approximate surface area is 130 Å². The Morgan fingerprint density at radius 3 is 2.29 bits per heavy atom. The van der Waals surface area contributed by atoms with Crippen LogP contribution in [0.15, 0.2) is 24.3 Å². The second-order valence-electron chi connectivity index (χ2n) is 7.59. The fraction of sp³-hybridized carbons (Fsp3) is 0.700. The molecule has 2 fully saturated rings. The van der Waals surface area contributed by atoms with E-state index < -0.39 is 0 Å². The third-order valence-electron chi connectivity index (χ3n) is 5.80. The Morgan fingerprint density at radius 2 is 1.76 bits per heavy atom. The average molecular weight is 285 g/mol. The highest BCUT2D eigenvalue weighted by Crippen LogP contribution is 2.52. The molecule has 0 amide bonds. The quantitative estimate of drug-likeness (QED) is 0.749. The van der Waals surface area contributed by atoms with E-state index in [4.69, 9.17) is 0 Å². The van der Waals surface area contributed by atoms with Crippen molar-refractivity contribution in [1.82, 2.24) is 5.32 Å². The molecule has 1 aromatic rings. The molecule has 116 valence electrons. The Kier molecular flexibility index (Phi) is 4.69. The summed E-state index contributed by atoms with van der Waals surface area (Å²) in [5, 5.41) is 3.86. The van der Waals surface area contributed by atoms with Crippen molar-refractivity contribution >= 4 is 0 Å². The van der Waals surface area contributed by atoms with Gasteiger partial charge in [0.2, 0.25) is 0 Å². The molecule has 0 aromatic heterocycles. The summed E-state index contributed by atoms with van der Waals surface area (Å²) >= 11 is 0. The zero-order chi connectivity index (χ0) is 14.8. The van der Waals surface area contributed by atoms with Gasteiger partial charge in [0.1, 0.15) is 0 Å². The van der Waals surface area contributed by atoms with Crippen LogP contribution in [0.2, 0.25) is 0 Å². The van der Waals surface area contributed by atoms with Crippen LogP contribution in [0.1, 0.15) is 76.0 Å². The monoisotopic (exact) mass is 285 g/mol. The maximum absolute atomic E-state index is 3.86. The Bertz CT molecular complexity index is 447. The van der Waals surface area contributed by atoms with Gasteiger partial charge in [-0.1, -0.05) is 51.5 Å². The van der Waals surface area contributed by atoms with Gasteiger partial charge in [-0.15, -0.1) is 0 Å². The Balaban J connectivity index is 1.78. The van der Waals surface area contributed by atoms with Gasteiger partial charge in [-0.2, -0.15) is 0 Å². The number of benzene rings is 1. The fourth-order valence-electron chi connectivity index (χ4n) is 4.61. The standard InChI is InChI=1S/C20H31N/c1-4-11-21-20(19-13-15-5-6-18(19)12-15)17-9-7-16(8-10-17)14(2)3/h7-10,14-15,18-21H,4-6,11-13H2,1-3H3. The lowest BCUT2D eigenvalue weighted by Gasteiger charge is -2.32. The number of rotatable bonds is 6. The molecule has 0 heterocycles. The van der Waals surface area contributed by atoms with Crippen molar-refractivity contribution in [3.8, 4) is 0 Å². The first-order valence-corrected chi connectivity index (χ1v) is 9.02. The molecule has 1 aromatic carbocycles. The Hall–Kier alpha value is -0.820. The second kappa shape index (κ2) is 6.52. The topological polar surface area (TPSA) is 12.0 Å². The summed E-state index contributed by atoms with van der Waals surface area (Å²) in [6, 6.07) is 10.0. The fourth-order valence-corrected chi connectivity index (χ4v) is 4.61. The van der Waals surface area contributed by atoms with Crippen LogP contribution in [-0.2, 0) is 0 Å². The lowest BCUT2D eigenvalue weighted by molar-refractivity contribution is 0.251. The summed E-state index contributed by atoms with van der Waals surface area (Å²) < 4.78 is 0. The van der Waals surface area contributed by atoms with Gasteiger partial charge in [-0.25, -0.2) is 0 Å². The van der Waals surface area contributed by atoms with Crippen molar-refractivity contribution in [3.05, 3.63) is 35.4 Å². The van der Waals surface area contributed by atoms with E-state index in [1.54, 1.807) is 0 Å². The van der Waals surface area contributed by atoms with E-state index in [0.717, 1.165) is 24.3 Å². The molecule has 0 aliphatic heterocycles. The van der Waals surface area contributed by atoms with Crippen LogP contribution < -0.4 is 5.32 Å². The van der Waals surface area contributed by atoms with Gasteiger partial charge in [0.25, 0.3) is 0 Å². The lowest BCUT2D eigenvalue weighted by atomic mass is 9.80. The van der Waals surface area contributed by atoms with E-state index in [1.165, 1.54) is 43.2 Å². The van der Waals surface area contributed by atoms with Gasteiger partial charge in [-0.05, 0) is 67.0 Å². The molecule has 1 N–H and O–H groups in total. The summed E-state index contributed by atoms with van der Waals surface area (Å²) in [7, 11) is 0. The summed E-state index contributed by atoms with van der Waals surface area (Å²) in [5.74, 6) is 3.51. The van der Waals surface area contributed by atoms with Gasteiger partial charge >= 0.3 is 0 Å². The average Bonchev–Trinajstić information content (AvgIpc) is 3.11. The van der Waals surface area contributed by atoms with Crippen LogP contribution in [0.3, 0.4) is 0 Å². The van der Waals surface area contributed by atoms with Crippen LogP contribution in [0.25, 0.3) is 0 Å². The molecule has 21 heavy (non-hydrogen) atoms. The van der Waals surface area contributed by atoms with E-state index in [0.29, 0.717) is 12.0 Å². The van der Waals surface area contributed by atoms with E-state index in [1.807, 2.05) is 0 Å². The predicted octanol–water partition coefficient (Wildman–Crippen LogP) is 5.29. The summed E-state index contributed by atoms with van der Waals surface area (Å²) in [5.41, 5.74) is 2.98. The summed E-state index contributed by atoms with van der Waals surface area (Å²) in [6.07, 6.45) is 7.15. The van der Waals surface area contributed by atoms with Gasteiger partial charge < -0.3 is 5.32 Å². The lowest BCUT2D eigenvalue weighted by Crippen LogP contribution is -2.32. The largest absolute Gasteiger partial charge is 0.310 e. The highest BCUT2D eigenvalue weighted by Gasteiger charge is 2.43. The first-order valence-electron chi connectivity index (χ1n) is 9.02. The first-order chi connectivity index (χ1) is 10.2. The minimum Gasteiger partial charge on any atom is -0.310 e. The molecular weight excluding hydrogens is 254 g/mol. The molecule has 0 radical (unpaired) electrons. The molecule has 0 spiro atoms. The van der Waals surface area contributed by atoms with E-state index in [9.17, 15) is 0 Å². The Morgan fingerprint density at radius 1 is 1.05 bits per heavy atom. The summed E-state index contributed by atoms with van der Waals surface area (Å²) in [6.45, 7) is 7.96. The number of fused-ring (bicyclic) bond motifs is 2. The van der Waals surface area contributed by atoms with Crippen LogP contribution in [0.4, 0.5) is 0 Å². The number of nitrogens with one attached hydrogen (secondary N) is 1. The maximum Gasteiger partial charge on any atom is 0.0351 e. The van der Waals surface area contributed by atoms with Crippen molar-refractivity contribution in [2.24, 2.45) is 17.8 Å². The second-order valence-corrected chi connectivity index (χ2v) is 7.59. The zero-order valence-electron chi connectivity index (χ0n) is 13.9. The van der Waals surface area contributed by atoms with Gasteiger partial charge in [-0.3, -0.25) is 0 Å². The molecule has 1 nitrogen and oxygen atoms in total. The van der Waals surface area contributed by atoms with Crippen LogP contribution >= 0.6 is 0 Å². The SMILES string of the molecule is CCCNC(c1ccc(C(C)C)cc1)C1CC2CCC1C2. The van der Waals surface area contributed by atoms with Crippen LogP contribution in [0, 0.1) is 17.8 Å². The van der Waals surface area contributed by atoms with Gasteiger partial charge in [0, 0.05) is 6.04 Å². The molecule has 2 bridgehead atoms.